The van der Waals surface area contributed by atoms with Gasteiger partial charge in [-0.05, 0) is 61.6 Å². The highest BCUT2D eigenvalue weighted by Crippen LogP contribution is 2.37. The quantitative estimate of drug-likeness (QED) is 0.237. The highest BCUT2D eigenvalue weighted by Gasteiger charge is 2.29. The number of aryl methyl sites for hydroxylation is 1. The van der Waals surface area contributed by atoms with Crippen molar-refractivity contribution in [1.29, 1.82) is 0 Å². The van der Waals surface area contributed by atoms with E-state index in [-0.39, 0.29) is 17.7 Å². The smallest absolute Gasteiger partial charge is 0.229 e. The van der Waals surface area contributed by atoms with E-state index in [0.29, 0.717) is 29.4 Å². The predicted molar refractivity (Wildman–Crippen MR) is 151 cm³/mol. The van der Waals surface area contributed by atoms with Crippen LogP contribution in [0.25, 0.3) is 0 Å². The zero-order valence-corrected chi connectivity index (χ0v) is 23.7. The first kappa shape index (κ1) is 28.8. The van der Waals surface area contributed by atoms with Gasteiger partial charge in [-0.25, -0.2) is 18.5 Å². The Morgan fingerprint density at radius 2 is 1.92 bits per heavy atom. The summed E-state index contributed by atoms with van der Waals surface area (Å²) < 4.78 is 34.5. The number of nitrogens with two attached hydrogens (primary N) is 1. The minimum absolute atomic E-state index is 0.0619. The number of sulfonamides is 1. The van der Waals surface area contributed by atoms with Gasteiger partial charge in [-0.3, -0.25) is 0 Å². The zero-order valence-electron chi connectivity index (χ0n) is 22.1. The molecule has 10 nitrogen and oxygen atoms in total. The number of hydrogen-bond acceptors (Lipinski definition) is 9. The molecule has 1 aromatic carbocycles. The van der Waals surface area contributed by atoms with Crippen LogP contribution in [0.15, 0.2) is 18.3 Å². The minimum Gasteiger partial charge on any atom is -0.494 e. The topological polar surface area (TPSA) is 140 Å². The summed E-state index contributed by atoms with van der Waals surface area (Å²) >= 11 is 6.43. The van der Waals surface area contributed by atoms with Gasteiger partial charge in [0.05, 0.1) is 31.4 Å². The number of hydrogen-bond donors (Lipinski definition) is 4. The first-order valence-corrected chi connectivity index (χ1v) is 15.3. The number of rotatable bonds is 11. The van der Waals surface area contributed by atoms with Crippen LogP contribution in [0.4, 0.5) is 17.5 Å². The van der Waals surface area contributed by atoms with Crippen molar-refractivity contribution in [2.45, 2.75) is 63.5 Å². The van der Waals surface area contributed by atoms with Crippen molar-refractivity contribution in [2.75, 3.05) is 43.8 Å². The van der Waals surface area contributed by atoms with Crippen molar-refractivity contribution in [1.82, 2.24) is 15.3 Å². The summed E-state index contributed by atoms with van der Waals surface area (Å²) in [7, 11) is -0.175. The number of nitrogens with zero attached hydrogens (tertiary/aromatic N) is 2. The van der Waals surface area contributed by atoms with Gasteiger partial charge in [0.1, 0.15) is 10.8 Å². The first-order chi connectivity index (χ1) is 18.3. The van der Waals surface area contributed by atoms with E-state index in [9.17, 15) is 8.42 Å². The fraction of sp³-hybridized carbons (Fsp3) is 0.615. The van der Waals surface area contributed by atoms with Crippen molar-refractivity contribution in [3.63, 3.8) is 0 Å². The van der Waals surface area contributed by atoms with Crippen LogP contribution >= 0.6 is 11.6 Å². The summed E-state index contributed by atoms with van der Waals surface area (Å²) in [4.78, 5) is 9.01. The predicted octanol–water partition coefficient (Wildman–Crippen LogP) is 3.62. The van der Waals surface area contributed by atoms with E-state index in [4.69, 9.17) is 26.2 Å². The van der Waals surface area contributed by atoms with Crippen molar-refractivity contribution in [2.24, 2.45) is 11.1 Å². The minimum atomic E-state index is -3.58. The number of methoxy groups -OCH3 is 2. The Labute approximate surface area is 230 Å². The molecule has 0 spiro atoms. The van der Waals surface area contributed by atoms with E-state index in [1.54, 1.807) is 20.4 Å². The Bertz CT molecular complexity index is 1200. The number of aromatic nitrogens is 2. The molecule has 12 heteroatoms. The highest BCUT2D eigenvalue weighted by molar-refractivity contribution is 7.89. The largest absolute Gasteiger partial charge is 0.494 e. The van der Waals surface area contributed by atoms with E-state index in [0.717, 1.165) is 69.3 Å². The molecular weight excluding hydrogens is 528 g/mol. The van der Waals surface area contributed by atoms with Crippen molar-refractivity contribution >= 4 is 39.1 Å². The summed E-state index contributed by atoms with van der Waals surface area (Å²) in [5, 5.41) is 16.0. The van der Waals surface area contributed by atoms with Crippen molar-refractivity contribution < 1.29 is 17.9 Å². The molecule has 2 aliphatic rings. The highest BCUT2D eigenvalue weighted by atomic mass is 35.5. The Morgan fingerprint density at radius 3 is 2.68 bits per heavy atom. The lowest BCUT2D eigenvalue weighted by Crippen LogP contribution is -2.38. The second-order valence-electron chi connectivity index (χ2n) is 10.1. The molecule has 210 valence electrons. The van der Waals surface area contributed by atoms with Crippen LogP contribution in [0.1, 0.15) is 49.7 Å². The van der Waals surface area contributed by atoms with Crippen LogP contribution in [-0.4, -0.2) is 63.6 Å². The standard InChI is InChI=1S/C26H39ClN6O4S/c1-36-14-13-29-19-9-7-17-8-12-23(24(37-2)20(17)11-10-19)32-26-30-15-21(27)25(33-26)31-22-6-4-3-5-18(22)16-38(28,34)35/h8,12,15,18-19,22,29H,3-7,9-11,13-14,16H2,1-2H3,(H2,28,34,35)(H2,30,31,32,33)/t18-,19?,22+/m0/s1. The van der Waals surface area contributed by atoms with E-state index in [1.165, 1.54) is 11.1 Å². The lowest BCUT2D eigenvalue weighted by atomic mass is 9.86. The van der Waals surface area contributed by atoms with Crippen LogP contribution in [0.3, 0.4) is 0 Å². The summed E-state index contributed by atoms with van der Waals surface area (Å²) in [6.07, 6.45) is 9.09. The number of nitrogens with one attached hydrogen (secondary N) is 3. The maximum atomic E-state index is 11.8. The van der Waals surface area contributed by atoms with Crippen LogP contribution < -0.4 is 25.8 Å². The molecule has 3 atom stereocenters. The lowest BCUT2D eigenvalue weighted by molar-refractivity contribution is 0.194. The number of primary sulfonamides is 1. The Hall–Kier alpha value is -2.18. The van der Waals surface area contributed by atoms with Gasteiger partial charge in [0, 0.05) is 25.7 Å². The maximum absolute atomic E-state index is 11.8. The van der Waals surface area contributed by atoms with E-state index in [2.05, 4.69) is 32.0 Å². The molecule has 5 N–H and O–H groups in total. The van der Waals surface area contributed by atoms with Crippen LogP contribution in [0.2, 0.25) is 5.02 Å². The van der Waals surface area contributed by atoms with Gasteiger partial charge in [0.15, 0.2) is 5.82 Å². The average molecular weight is 567 g/mol. The molecule has 0 radical (unpaired) electrons. The van der Waals surface area contributed by atoms with E-state index in [1.807, 2.05) is 6.07 Å². The second-order valence-corrected chi connectivity index (χ2v) is 12.2. The third kappa shape index (κ3) is 7.69. The maximum Gasteiger partial charge on any atom is 0.229 e. The monoisotopic (exact) mass is 566 g/mol. The Balaban J connectivity index is 1.50. The molecule has 0 saturated heterocycles. The van der Waals surface area contributed by atoms with Gasteiger partial charge < -0.3 is 25.4 Å². The number of ether oxygens (including phenoxy) is 2. The number of benzene rings is 1. The summed E-state index contributed by atoms with van der Waals surface area (Å²) in [5.74, 6) is 1.48. The molecule has 0 bridgehead atoms. The summed E-state index contributed by atoms with van der Waals surface area (Å²) in [6.45, 7) is 1.54. The molecule has 1 fully saturated rings. The van der Waals surface area contributed by atoms with Crippen molar-refractivity contribution in [3.8, 4) is 5.75 Å². The normalized spacial score (nSPS) is 21.8. The number of fused-ring (bicyclic) bond motifs is 1. The number of anilines is 3. The fourth-order valence-electron chi connectivity index (χ4n) is 5.59. The van der Waals surface area contributed by atoms with Gasteiger partial charge in [-0.15, -0.1) is 0 Å². The van der Waals surface area contributed by atoms with Gasteiger partial charge in [-0.1, -0.05) is 30.5 Å². The second kappa shape index (κ2) is 13.3. The van der Waals surface area contributed by atoms with Gasteiger partial charge in [-0.2, -0.15) is 4.98 Å². The molecular formula is C26H39ClN6O4S. The molecule has 0 amide bonds. The van der Waals surface area contributed by atoms with Crippen molar-refractivity contribution in [3.05, 3.63) is 34.5 Å². The summed E-state index contributed by atoms with van der Waals surface area (Å²) in [6, 6.07) is 4.50. The van der Waals surface area contributed by atoms with Crippen LogP contribution in [0.5, 0.6) is 5.75 Å². The molecule has 1 aromatic heterocycles. The third-order valence-electron chi connectivity index (χ3n) is 7.47. The summed E-state index contributed by atoms with van der Waals surface area (Å²) in [5.41, 5.74) is 3.28. The number of halogens is 1. The molecule has 4 rings (SSSR count). The SMILES string of the molecule is COCCNC1CCc2ccc(Nc3ncc(Cl)c(N[C@@H]4CCCC[C@H]4CS(N)(=O)=O)n3)c(OC)c2CC1. The molecule has 2 aliphatic carbocycles. The molecule has 0 aliphatic heterocycles. The van der Waals surface area contributed by atoms with E-state index >= 15 is 0 Å². The Kier molecular flexibility index (Phi) is 10.1. The average Bonchev–Trinajstić information content (AvgIpc) is 3.09. The van der Waals surface area contributed by atoms with Crippen LogP contribution in [0, 0.1) is 5.92 Å². The zero-order chi connectivity index (χ0) is 27.1. The fourth-order valence-corrected chi connectivity index (χ4v) is 6.73. The van der Waals surface area contributed by atoms with Gasteiger partial charge in [0.2, 0.25) is 16.0 Å². The lowest BCUT2D eigenvalue weighted by Gasteiger charge is -2.32. The van der Waals surface area contributed by atoms with E-state index < -0.39 is 10.0 Å². The first-order valence-electron chi connectivity index (χ1n) is 13.2. The molecule has 1 heterocycles. The Morgan fingerprint density at radius 1 is 1.13 bits per heavy atom. The van der Waals surface area contributed by atoms with Gasteiger partial charge >= 0.3 is 0 Å². The molecule has 38 heavy (non-hydrogen) atoms. The molecule has 1 unspecified atom stereocenters. The molecule has 2 aromatic rings. The third-order valence-corrected chi connectivity index (χ3v) is 8.64. The molecule has 1 saturated carbocycles. The van der Waals surface area contributed by atoms with Crippen LogP contribution in [-0.2, 0) is 27.6 Å². The van der Waals surface area contributed by atoms with Gasteiger partial charge in [0.25, 0.3) is 0 Å².